The van der Waals surface area contributed by atoms with Crippen LogP contribution in [0.4, 0.5) is 0 Å². The van der Waals surface area contributed by atoms with Gasteiger partial charge in [-0.15, -0.1) is 0 Å². The van der Waals surface area contributed by atoms with Crippen LogP contribution >= 0.6 is 25.3 Å². The van der Waals surface area contributed by atoms with E-state index in [9.17, 15) is 24.0 Å². The number of rotatable bonds is 7. The largest absolute Gasteiger partial charge is 0.456 e. The third-order valence-electron chi connectivity index (χ3n) is 5.72. The van der Waals surface area contributed by atoms with Crippen LogP contribution in [-0.2, 0) is 35.1 Å². The molecule has 1 saturated heterocycles. The summed E-state index contributed by atoms with van der Waals surface area (Å²) < 4.78 is 5.42. The van der Waals surface area contributed by atoms with E-state index in [1.54, 1.807) is 26.0 Å². The van der Waals surface area contributed by atoms with Gasteiger partial charge >= 0.3 is 5.97 Å². The number of thiol groups is 2. The van der Waals surface area contributed by atoms with Crippen LogP contribution in [0.15, 0.2) is 42.5 Å². The summed E-state index contributed by atoms with van der Waals surface area (Å²) in [5.41, 5.74) is 0.794. The highest BCUT2D eigenvalue weighted by molar-refractivity contribution is 7.80. The number of hydrogen-bond acceptors (Lipinski definition) is 8. The molecule has 0 aromatic heterocycles. The minimum absolute atomic E-state index is 0.0413. The third kappa shape index (κ3) is 10.4. The molecule has 4 amide bonds. The van der Waals surface area contributed by atoms with Crippen LogP contribution in [0.25, 0.3) is 0 Å². The number of ether oxygens (including phenoxy) is 1. The van der Waals surface area contributed by atoms with Crippen molar-refractivity contribution < 1.29 is 28.7 Å². The molecule has 4 N–H and O–H groups in total. The maximum Gasteiger partial charge on any atom is 0.326 e. The molecule has 1 aliphatic heterocycles. The van der Waals surface area contributed by atoms with Gasteiger partial charge in [0, 0.05) is 12.2 Å². The molecule has 10 nitrogen and oxygen atoms in total. The number of carbonyl (C=O) groups is 5. The summed E-state index contributed by atoms with van der Waals surface area (Å²) >= 11 is 8.35. The van der Waals surface area contributed by atoms with E-state index >= 15 is 0 Å². The van der Waals surface area contributed by atoms with Crippen LogP contribution in [0.1, 0.15) is 32.3 Å². The fourth-order valence-electron chi connectivity index (χ4n) is 3.70. The van der Waals surface area contributed by atoms with Gasteiger partial charge in [-0.1, -0.05) is 50.3 Å². The van der Waals surface area contributed by atoms with E-state index in [0.717, 1.165) is 5.56 Å². The zero-order chi connectivity index (χ0) is 28.1. The number of allylic oxidation sites excluding steroid dienone is 1. The van der Waals surface area contributed by atoms with Crippen molar-refractivity contribution in [1.82, 2.24) is 21.3 Å². The van der Waals surface area contributed by atoms with Crippen LogP contribution < -0.4 is 21.3 Å². The van der Waals surface area contributed by atoms with Crippen LogP contribution in [0, 0.1) is 5.92 Å². The number of hydrogen-bond donors (Lipinski definition) is 6. The van der Waals surface area contributed by atoms with Crippen LogP contribution in [0.5, 0.6) is 0 Å². The molecule has 4 atom stereocenters. The van der Waals surface area contributed by atoms with E-state index in [2.05, 4.69) is 46.5 Å². The zero-order valence-electron chi connectivity index (χ0n) is 21.5. The molecule has 12 heteroatoms. The number of cyclic esters (lactones) is 1. The maximum absolute atomic E-state index is 13.3. The van der Waals surface area contributed by atoms with Gasteiger partial charge in [-0.25, -0.2) is 0 Å². The summed E-state index contributed by atoms with van der Waals surface area (Å²) in [4.78, 5) is 64.5. The normalized spacial score (nSPS) is 24.4. The van der Waals surface area contributed by atoms with Crippen molar-refractivity contribution in [1.29, 1.82) is 0 Å². The lowest BCUT2D eigenvalue weighted by Crippen LogP contribution is -2.59. The minimum atomic E-state index is -1.06. The Labute approximate surface area is 233 Å². The van der Waals surface area contributed by atoms with Gasteiger partial charge in [0.15, 0.2) is 0 Å². The first-order chi connectivity index (χ1) is 18.1. The van der Waals surface area contributed by atoms with Gasteiger partial charge in [0.2, 0.25) is 23.6 Å². The Balaban J connectivity index is 2.38. The van der Waals surface area contributed by atoms with Crippen LogP contribution in [0.3, 0.4) is 0 Å². The molecule has 208 valence electrons. The molecule has 1 aromatic carbocycles. The highest BCUT2D eigenvalue weighted by atomic mass is 32.1. The van der Waals surface area contributed by atoms with Crippen molar-refractivity contribution in [3.05, 3.63) is 48.0 Å². The van der Waals surface area contributed by atoms with E-state index < -0.39 is 60.4 Å². The molecule has 0 radical (unpaired) electrons. The second-order valence-corrected chi connectivity index (χ2v) is 9.99. The molecule has 0 aliphatic carbocycles. The molecule has 1 aliphatic rings. The van der Waals surface area contributed by atoms with E-state index in [-0.39, 0.29) is 24.5 Å². The second kappa shape index (κ2) is 16.1. The van der Waals surface area contributed by atoms with Crippen molar-refractivity contribution >= 4 is 54.9 Å². The summed E-state index contributed by atoms with van der Waals surface area (Å²) in [5.74, 6) is -2.86. The Hall–Kier alpha value is -2.99. The monoisotopic (exact) mass is 564 g/mol. The zero-order valence-corrected chi connectivity index (χ0v) is 23.3. The van der Waals surface area contributed by atoms with Crippen LogP contribution in [-0.4, -0.2) is 71.9 Å². The summed E-state index contributed by atoms with van der Waals surface area (Å²) in [6, 6.07) is 6.05. The molecule has 1 unspecified atom stereocenters. The molecule has 38 heavy (non-hydrogen) atoms. The lowest BCUT2D eigenvalue weighted by Gasteiger charge is -2.27. The van der Waals surface area contributed by atoms with Gasteiger partial charge in [-0.2, -0.15) is 25.3 Å². The quantitative estimate of drug-likeness (QED) is 0.163. The average Bonchev–Trinajstić information content (AvgIpc) is 2.88. The van der Waals surface area contributed by atoms with Gasteiger partial charge in [0.05, 0.1) is 6.42 Å². The number of esters is 1. The Morgan fingerprint density at radius 3 is 2.26 bits per heavy atom. The Bertz CT molecular complexity index is 1000. The lowest BCUT2D eigenvalue weighted by atomic mass is 10.0. The summed E-state index contributed by atoms with van der Waals surface area (Å²) in [7, 11) is 0. The smallest absolute Gasteiger partial charge is 0.326 e. The number of amides is 4. The van der Waals surface area contributed by atoms with E-state index in [1.807, 2.05) is 30.3 Å². The summed E-state index contributed by atoms with van der Waals surface area (Å²) in [5, 5.41) is 10.4. The molecular formula is C26H36N4O6S2. The van der Waals surface area contributed by atoms with Crippen molar-refractivity contribution in [2.24, 2.45) is 5.92 Å². The Morgan fingerprint density at radius 1 is 0.947 bits per heavy atom. The molecular weight excluding hydrogens is 528 g/mol. The van der Waals surface area contributed by atoms with E-state index in [1.165, 1.54) is 0 Å². The predicted molar refractivity (Wildman–Crippen MR) is 150 cm³/mol. The summed E-state index contributed by atoms with van der Waals surface area (Å²) in [6.45, 7) is 3.03. The van der Waals surface area contributed by atoms with Crippen molar-refractivity contribution in [2.45, 2.75) is 57.3 Å². The first kappa shape index (κ1) is 31.2. The van der Waals surface area contributed by atoms with Crippen LogP contribution in [0.2, 0.25) is 0 Å². The van der Waals surface area contributed by atoms with Gasteiger partial charge in [-0.05, 0) is 29.7 Å². The minimum Gasteiger partial charge on any atom is -0.456 e. The Morgan fingerprint density at radius 2 is 1.63 bits per heavy atom. The molecule has 2 rings (SSSR count). The first-order valence-corrected chi connectivity index (χ1v) is 13.7. The standard InChI is InChI=1S/C26H36N4O6S2/c1-16(2)23-26(35)27-14-22(32)36-18(10-6-7-11-37)13-21(31)28-19(12-17-8-4-3-5-9-17)24(33)29-20(15-38)25(34)30-23/h3-6,8-10,16,18-20,23,37-38H,7,11-15H2,1-2H3,(H,27,35)(H,28,31)(H,29,33)(H,30,34)/b10-6+/t18?,19-,20-,23-/m0/s1. The molecule has 0 spiro atoms. The fourth-order valence-corrected chi connectivity index (χ4v) is 4.11. The topological polar surface area (TPSA) is 143 Å². The van der Waals surface area contributed by atoms with Gasteiger partial charge < -0.3 is 26.0 Å². The first-order valence-electron chi connectivity index (χ1n) is 12.4. The number of nitrogens with one attached hydrogen (secondary N) is 4. The average molecular weight is 565 g/mol. The molecule has 0 bridgehead atoms. The number of carbonyl (C=O) groups excluding carboxylic acids is 5. The molecule has 1 aromatic rings. The van der Waals surface area contributed by atoms with Gasteiger partial charge in [-0.3, -0.25) is 24.0 Å². The Kier molecular flexibility index (Phi) is 13.2. The second-order valence-electron chi connectivity index (χ2n) is 9.17. The third-order valence-corrected chi connectivity index (χ3v) is 6.34. The summed E-state index contributed by atoms with van der Waals surface area (Å²) in [6.07, 6.45) is 2.92. The highest BCUT2D eigenvalue weighted by Crippen LogP contribution is 2.09. The maximum atomic E-state index is 13.3. The van der Waals surface area contributed by atoms with E-state index in [4.69, 9.17) is 4.74 Å². The van der Waals surface area contributed by atoms with Crippen molar-refractivity contribution in [3.8, 4) is 0 Å². The van der Waals surface area contributed by atoms with Gasteiger partial charge in [0.1, 0.15) is 30.8 Å². The molecule has 0 saturated carbocycles. The molecule has 1 fully saturated rings. The van der Waals surface area contributed by atoms with E-state index in [0.29, 0.717) is 12.2 Å². The van der Waals surface area contributed by atoms with Gasteiger partial charge in [0.25, 0.3) is 0 Å². The fraction of sp³-hybridized carbons (Fsp3) is 0.500. The highest BCUT2D eigenvalue weighted by Gasteiger charge is 2.31. The lowest BCUT2D eigenvalue weighted by molar-refractivity contribution is -0.148. The number of benzene rings is 1. The SMILES string of the molecule is CC(C)[C@@H]1NC(=O)[C@H](CS)NC(=O)[C@H](Cc2ccccc2)NC(=O)CC(/C=C/CCS)OC(=O)CNC1=O. The van der Waals surface area contributed by atoms with Crippen molar-refractivity contribution in [2.75, 3.05) is 18.1 Å². The van der Waals surface area contributed by atoms with Crippen molar-refractivity contribution in [3.63, 3.8) is 0 Å². The predicted octanol–water partition coefficient (Wildman–Crippen LogP) is 0.577. The molecule has 1 heterocycles.